The van der Waals surface area contributed by atoms with E-state index in [0.717, 1.165) is 35.2 Å². The third-order valence-corrected chi connectivity index (χ3v) is 4.22. The fourth-order valence-electron chi connectivity index (χ4n) is 2.91. The van der Waals surface area contributed by atoms with E-state index in [2.05, 4.69) is 39.1 Å². The van der Waals surface area contributed by atoms with Gasteiger partial charge in [-0.3, -0.25) is 4.79 Å². The zero-order chi connectivity index (χ0) is 12.0. The molecule has 1 saturated heterocycles. The van der Waals surface area contributed by atoms with Gasteiger partial charge >= 0.3 is 0 Å². The van der Waals surface area contributed by atoms with Gasteiger partial charge in [0.15, 0.2) is 0 Å². The Bertz CT molecular complexity index is 474. The van der Waals surface area contributed by atoms with Crippen LogP contribution in [-0.4, -0.2) is 18.5 Å². The molecular formula is C13H15BrN2O. The topological polar surface area (TPSA) is 32.3 Å². The Morgan fingerprint density at radius 2 is 2.29 bits per heavy atom. The standard InChI is InChI=1S/C13H15BrN2O/c1-8-3-2-6-16-11-7-9(14)4-5-10(11)15-13(17)12(8)16/h4-5,7-8,12H,2-3,6H2,1H3,(H,15,17). The fourth-order valence-corrected chi connectivity index (χ4v) is 3.26. The van der Waals surface area contributed by atoms with Crippen LogP contribution in [0.4, 0.5) is 11.4 Å². The lowest BCUT2D eigenvalue weighted by molar-refractivity contribution is -0.119. The monoisotopic (exact) mass is 294 g/mol. The van der Waals surface area contributed by atoms with Crippen LogP contribution in [0, 0.1) is 5.92 Å². The Morgan fingerprint density at radius 3 is 3.12 bits per heavy atom. The Morgan fingerprint density at radius 1 is 1.47 bits per heavy atom. The highest BCUT2D eigenvalue weighted by Gasteiger charge is 2.38. The lowest BCUT2D eigenvalue weighted by Crippen LogP contribution is -2.54. The first-order chi connectivity index (χ1) is 8.16. The zero-order valence-corrected chi connectivity index (χ0v) is 11.3. The maximum atomic E-state index is 12.1. The van der Waals surface area contributed by atoms with Crippen molar-refractivity contribution in [3.8, 4) is 0 Å². The molecule has 2 atom stereocenters. The third kappa shape index (κ3) is 1.75. The first-order valence-corrected chi connectivity index (χ1v) is 6.83. The maximum Gasteiger partial charge on any atom is 0.247 e. The first kappa shape index (κ1) is 11.1. The van der Waals surface area contributed by atoms with Crippen molar-refractivity contribution < 1.29 is 4.79 Å². The van der Waals surface area contributed by atoms with E-state index in [9.17, 15) is 4.79 Å². The van der Waals surface area contributed by atoms with Crippen LogP contribution >= 0.6 is 15.9 Å². The molecule has 3 nitrogen and oxygen atoms in total. The Kier molecular flexibility index (Phi) is 2.62. The summed E-state index contributed by atoms with van der Waals surface area (Å²) in [5.41, 5.74) is 2.08. The summed E-state index contributed by atoms with van der Waals surface area (Å²) in [6.45, 7) is 3.14. The molecule has 4 heteroatoms. The Hall–Kier alpha value is -1.03. The van der Waals surface area contributed by atoms with Gasteiger partial charge in [-0.2, -0.15) is 0 Å². The van der Waals surface area contributed by atoms with Gasteiger partial charge in [-0.25, -0.2) is 0 Å². The molecule has 1 fully saturated rings. The van der Waals surface area contributed by atoms with Crippen molar-refractivity contribution >= 4 is 33.2 Å². The van der Waals surface area contributed by atoms with Crippen LogP contribution in [0.15, 0.2) is 22.7 Å². The average Bonchev–Trinajstić information content (AvgIpc) is 2.30. The molecule has 1 amide bonds. The minimum Gasteiger partial charge on any atom is -0.358 e. The number of carbonyl (C=O) groups excluding carboxylic acids is 1. The van der Waals surface area contributed by atoms with Gasteiger partial charge in [-0.05, 0) is 37.0 Å². The van der Waals surface area contributed by atoms with Crippen molar-refractivity contribution in [3.05, 3.63) is 22.7 Å². The van der Waals surface area contributed by atoms with E-state index >= 15 is 0 Å². The minimum absolute atomic E-state index is 0.00514. The van der Waals surface area contributed by atoms with Gasteiger partial charge in [0.2, 0.25) is 5.91 Å². The number of nitrogens with zero attached hydrogens (tertiary/aromatic N) is 1. The highest BCUT2D eigenvalue weighted by Crippen LogP contribution is 2.39. The number of amides is 1. The molecule has 0 spiro atoms. The number of piperidine rings is 1. The summed E-state index contributed by atoms with van der Waals surface area (Å²) < 4.78 is 1.06. The van der Waals surface area contributed by atoms with E-state index in [0.29, 0.717) is 5.92 Å². The summed E-state index contributed by atoms with van der Waals surface area (Å²) in [5.74, 6) is 0.572. The van der Waals surface area contributed by atoms with E-state index < -0.39 is 0 Å². The van der Waals surface area contributed by atoms with E-state index in [4.69, 9.17) is 0 Å². The summed E-state index contributed by atoms with van der Waals surface area (Å²) in [4.78, 5) is 14.4. The summed E-state index contributed by atoms with van der Waals surface area (Å²) in [6.07, 6.45) is 2.30. The second-order valence-corrected chi connectivity index (χ2v) is 5.82. The van der Waals surface area contributed by atoms with Crippen LogP contribution in [0.25, 0.3) is 0 Å². The number of fused-ring (bicyclic) bond motifs is 3. The summed E-state index contributed by atoms with van der Waals surface area (Å²) in [5, 5.41) is 3.02. The van der Waals surface area contributed by atoms with Gasteiger partial charge < -0.3 is 10.2 Å². The maximum absolute atomic E-state index is 12.1. The Balaban J connectivity index is 2.08. The average molecular weight is 295 g/mol. The van der Waals surface area contributed by atoms with Crippen molar-refractivity contribution in [1.29, 1.82) is 0 Å². The molecule has 1 N–H and O–H groups in total. The number of rotatable bonds is 0. The van der Waals surface area contributed by atoms with Crippen molar-refractivity contribution in [2.45, 2.75) is 25.8 Å². The minimum atomic E-state index is 0.00514. The third-order valence-electron chi connectivity index (χ3n) is 3.73. The van der Waals surface area contributed by atoms with Crippen molar-refractivity contribution in [1.82, 2.24) is 0 Å². The predicted octanol–water partition coefficient (Wildman–Crippen LogP) is 3.01. The molecule has 2 aliphatic rings. The number of hydrogen-bond donors (Lipinski definition) is 1. The number of hydrogen-bond acceptors (Lipinski definition) is 2. The molecule has 2 heterocycles. The molecule has 0 aliphatic carbocycles. The van der Waals surface area contributed by atoms with Crippen LogP contribution in [0.3, 0.4) is 0 Å². The van der Waals surface area contributed by atoms with Gasteiger partial charge in [0.05, 0.1) is 11.4 Å². The Labute approximate surface area is 109 Å². The quantitative estimate of drug-likeness (QED) is 0.798. The molecule has 17 heavy (non-hydrogen) atoms. The summed E-state index contributed by atoms with van der Waals surface area (Å²) in [6, 6.07) is 6.03. The van der Waals surface area contributed by atoms with Crippen LogP contribution in [0.5, 0.6) is 0 Å². The van der Waals surface area contributed by atoms with Crippen molar-refractivity contribution in [3.63, 3.8) is 0 Å². The van der Waals surface area contributed by atoms with Crippen LogP contribution in [0.1, 0.15) is 19.8 Å². The molecule has 2 unspecified atom stereocenters. The predicted molar refractivity (Wildman–Crippen MR) is 72.3 cm³/mol. The van der Waals surface area contributed by atoms with E-state index in [1.54, 1.807) is 0 Å². The molecular weight excluding hydrogens is 280 g/mol. The highest BCUT2D eigenvalue weighted by molar-refractivity contribution is 9.10. The molecule has 0 aromatic heterocycles. The molecule has 0 bridgehead atoms. The van der Waals surface area contributed by atoms with Crippen LogP contribution < -0.4 is 10.2 Å². The second kappa shape index (κ2) is 4.02. The summed E-state index contributed by atoms with van der Waals surface area (Å²) in [7, 11) is 0. The number of halogens is 1. The molecule has 2 aliphatic heterocycles. The fraction of sp³-hybridized carbons (Fsp3) is 0.462. The van der Waals surface area contributed by atoms with E-state index in [-0.39, 0.29) is 11.9 Å². The van der Waals surface area contributed by atoms with E-state index in [1.807, 2.05) is 12.1 Å². The van der Waals surface area contributed by atoms with Crippen molar-refractivity contribution in [2.75, 3.05) is 16.8 Å². The number of carbonyl (C=O) groups is 1. The first-order valence-electron chi connectivity index (χ1n) is 6.04. The van der Waals surface area contributed by atoms with Gasteiger partial charge in [-0.1, -0.05) is 22.9 Å². The van der Waals surface area contributed by atoms with Gasteiger partial charge in [-0.15, -0.1) is 0 Å². The zero-order valence-electron chi connectivity index (χ0n) is 9.74. The number of anilines is 2. The second-order valence-electron chi connectivity index (χ2n) is 4.91. The van der Waals surface area contributed by atoms with Crippen molar-refractivity contribution in [2.24, 2.45) is 5.92 Å². The molecule has 1 aromatic rings. The largest absolute Gasteiger partial charge is 0.358 e. The molecule has 90 valence electrons. The van der Waals surface area contributed by atoms with Crippen LogP contribution in [-0.2, 0) is 4.79 Å². The van der Waals surface area contributed by atoms with Gasteiger partial charge in [0, 0.05) is 11.0 Å². The smallest absolute Gasteiger partial charge is 0.247 e. The van der Waals surface area contributed by atoms with Crippen LogP contribution in [0.2, 0.25) is 0 Å². The normalized spacial score (nSPS) is 27.2. The molecule has 1 aromatic carbocycles. The number of benzene rings is 1. The SMILES string of the molecule is CC1CCCN2c3cc(Br)ccc3NC(=O)C12. The molecule has 0 saturated carbocycles. The van der Waals surface area contributed by atoms with Gasteiger partial charge in [0.25, 0.3) is 0 Å². The highest BCUT2D eigenvalue weighted by atomic mass is 79.9. The van der Waals surface area contributed by atoms with Gasteiger partial charge in [0.1, 0.15) is 6.04 Å². The number of nitrogens with one attached hydrogen (secondary N) is 1. The van der Waals surface area contributed by atoms with E-state index in [1.165, 1.54) is 0 Å². The lowest BCUT2D eigenvalue weighted by Gasteiger charge is -2.44. The molecule has 0 radical (unpaired) electrons. The summed E-state index contributed by atoms with van der Waals surface area (Å²) >= 11 is 3.50. The lowest BCUT2D eigenvalue weighted by atomic mass is 9.88. The molecule has 3 rings (SSSR count).